The first-order valence-electron chi connectivity index (χ1n) is 17.0. The van der Waals surface area contributed by atoms with Gasteiger partial charge in [0.25, 0.3) is 0 Å². The molecule has 0 unspecified atom stereocenters. The molecule has 4 aliphatic carbocycles. The number of fused-ring (bicyclic) bond motifs is 5. The highest BCUT2D eigenvalue weighted by Crippen LogP contribution is 2.69. The highest BCUT2D eigenvalue weighted by Gasteiger charge is 2.71. The van der Waals surface area contributed by atoms with Crippen LogP contribution in [-0.4, -0.2) is 55.3 Å². The maximum Gasteiger partial charge on any atom is 0.192 e. The number of hydrogen-bond acceptors (Lipinski definition) is 5. The maximum atomic E-state index is 12.7. The molecule has 1 heterocycles. The van der Waals surface area contributed by atoms with Crippen molar-refractivity contribution < 1.29 is 24.1 Å². The largest absolute Gasteiger partial charge is 0.414 e. The minimum atomic E-state index is -1.80. The lowest BCUT2D eigenvalue weighted by molar-refractivity contribution is -0.279. The molecule has 5 rings (SSSR count). The molecule has 5 aliphatic rings. The molecular weight excluding hydrogens is 528 g/mol. The summed E-state index contributed by atoms with van der Waals surface area (Å²) >= 11 is 0. The van der Waals surface area contributed by atoms with Crippen molar-refractivity contribution in [2.24, 2.45) is 40.4 Å². The first-order chi connectivity index (χ1) is 18.9. The van der Waals surface area contributed by atoms with E-state index in [0.29, 0.717) is 49.4 Å². The molecule has 236 valence electrons. The number of rotatable bonds is 7. The molecule has 0 aromatic rings. The fraction of sp³-hybridized carbons (Fsp3) is 0.943. The van der Waals surface area contributed by atoms with Gasteiger partial charge in [0.05, 0.1) is 19.3 Å². The Morgan fingerprint density at radius 2 is 1.71 bits per heavy atom. The van der Waals surface area contributed by atoms with Crippen molar-refractivity contribution in [1.29, 1.82) is 0 Å². The molecule has 2 N–H and O–H groups in total. The molecule has 41 heavy (non-hydrogen) atoms. The second-order valence-electron chi connectivity index (χ2n) is 17.2. The van der Waals surface area contributed by atoms with Crippen LogP contribution in [0, 0.1) is 40.4 Å². The van der Waals surface area contributed by atoms with Gasteiger partial charge in [0.2, 0.25) is 0 Å². The Hall–Kier alpha value is -0.243. The van der Waals surface area contributed by atoms with Gasteiger partial charge in [-0.15, -0.1) is 0 Å². The minimum absolute atomic E-state index is 0.199. The molecule has 6 heteroatoms. The molecule has 3 saturated carbocycles. The van der Waals surface area contributed by atoms with E-state index >= 15 is 0 Å². The summed E-state index contributed by atoms with van der Waals surface area (Å²) < 4.78 is 19.6. The third-order valence-corrected chi connectivity index (χ3v) is 18.3. The lowest BCUT2D eigenvalue weighted by Crippen LogP contribution is -2.64. The molecule has 0 amide bonds. The van der Waals surface area contributed by atoms with Gasteiger partial charge < -0.3 is 24.1 Å². The molecule has 9 atom stereocenters. The maximum absolute atomic E-state index is 12.7. The Balaban J connectivity index is 1.39. The van der Waals surface area contributed by atoms with Crippen LogP contribution in [0.4, 0.5) is 0 Å². The molecule has 5 nitrogen and oxygen atoms in total. The van der Waals surface area contributed by atoms with Gasteiger partial charge in [-0.3, -0.25) is 0 Å². The zero-order valence-electron chi connectivity index (χ0n) is 28.0. The van der Waals surface area contributed by atoms with Gasteiger partial charge in [-0.25, -0.2) is 0 Å². The second kappa shape index (κ2) is 10.7. The summed E-state index contributed by atoms with van der Waals surface area (Å²) in [5.41, 5.74) is 0.228. The number of ether oxygens (including phenoxy) is 2. The molecule has 4 fully saturated rings. The van der Waals surface area contributed by atoms with E-state index in [4.69, 9.17) is 13.9 Å². The first kappa shape index (κ1) is 32.2. The summed E-state index contributed by atoms with van der Waals surface area (Å²) in [6, 6.07) is 0. The van der Waals surface area contributed by atoms with Crippen molar-refractivity contribution in [3.8, 4) is 0 Å². The molecule has 0 radical (unpaired) electrons. The smallest absolute Gasteiger partial charge is 0.192 e. The molecule has 0 spiro atoms. The number of aliphatic hydroxyl groups excluding tert-OH is 1. The van der Waals surface area contributed by atoms with Crippen molar-refractivity contribution in [1.82, 2.24) is 0 Å². The van der Waals surface area contributed by atoms with E-state index in [1.54, 1.807) is 5.57 Å². The zero-order valence-corrected chi connectivity index (χ0v) is 29.0. The van der Waals surface area contributed by atoms with Crippen molar-refractivity contribution >= 4 is 8.32 Å². The van der Waals surface area contributed by atoms with Crippen LogP contribution < -0.4 is 0 Å². The van der Waals surface area contributed by atoms with E-state index in [-0.39, 0.29) is 21.8 Å². The summed E-state index contributed by atoms with van der Waals surface area (Å²) in [4.78, 5) is 0. The van der Waals surface area contributed by atoms with Crippen LogP contribution in [0.3, 0.4) is 0 Å². The van der Waals surface area contributed by atoms with Gasteiger partial charge in [0.15, 0.2) is 14.1 Å². The standard InChI is InChI=1S/C35H62O5Si/c1-23(2)13-18-34(38-19-20-39-34)24(3)35(37)30(36)22-29-27-12-11-25-21-26(40-41(9,10)31(4,5)6)14-16-32(25,7)28(27)15-17-33(29,35)8/h11,23-24,26-30,36-37H,12-22H2,1-10H3/t24-,26+,27-,28+,29+,30-,32+,33+,35-/m1/s1. The highest BCUT2D eigenvalue weighted by molar-refractivity contribution is 6.74. The van der Waals surface area contributed by atoms with Crippen molar-refractivity contribution in [3.63, 3.8) is 0 Å². The van der Waals surface area contributed by atoms with Crippen LogP contribution >= 0.6 is 0 Å². The van der Waals surface area contributed by atoms with Gasteiger partial charge in [0.1, 0.15) is 5.60 Å². The topological polar surface area (TPSA) is 68.2 Å². The van der Waals surface area contributed by atoms with Crippen molar-refractivity contribution in [3.05, 3.63) is 11.6 Å². The lowest BCUT2D eigenvalue weighted by atomic mass is 9.46. The summed E-state index contributed by atoms with van der Waals surface area (Å²) in [5.74, 6) is 0.804. The van der Waals surface area contributed by atoms with Crippen LogP contribution in [0.25, 0.3) is 0 Å². The van der Waals surface area contributed by atoms with Gasteiger partial charge in [0, 0.05) is 23.9 Å². The average Bonchev–Trinajstić information content (AvgIpc) is 3.44. The normalized spacial score (nSPS) is 43.3. The van der Waals surface area contributed by atoms with Gasteiger partial charge in [-0.1, -0.05) is 67.0 Å². The molecule has 0 aromatic carbocycles. The third-order valence-electron chi connectivity index (χ3n) is 13.8. The predicted octanol–water partition coefficient (Wildman–Crippen LogP) is 7.86. The Bertz CT molecular complexity index is 995. The third kappa shape index (κ3) is 4.97. The highest BCUT2D eigenvalue weighted by atomic mass is 28.4. The molecule has 1 saturated heterocycles. The number of hydrogen-bond donors (Lipinski definition) is 2. The zero-order chi connectivity index (χ0) is 30.2. The van der Waals surface area contributed by atoms with Crippen LogP contribution in [0.2, 0.25) is 18.1 Å². The fourth-order valence-electron chi connectivity index (χ4n) is 10.1. The number of aliphatic hydroxyl groups is 2. The summed E-state index contributed by atoms with van der Waals surface area (Å²) in [6.07, 6.45) is 11.1. The Labute approximate surface area is 252 Å². The van der Waals surface area contributed by atoms with Crippen molar-refractivity contribution in [2.45, 2.75) is 155 Å². The van der Waals surface area contributed by atoms with Crippen LogP contribution in [-0.2, 0) is 13.9 Å². The molecule has 0 bridgehead atoms. The van der Waals surface area contributed by atoms with Gasteiger partial charge in [-0.05, 0) is 98.6 Å². The Morgan fingerprint density at radius 3 is 2.32 bits per heavy atom. The molecule has 1 aliphatic heterocycles. The van der Waals surface area contributed by atoms with E-state index < -0.39 is 25.8 Å². The van der Waals surface area contributed by atoms with Gasteiger partial charge >= 0.3 is 0 Å². The predicted molar refractivity (Wildman–Crippen MR) is 168 cm³/mol. The van der Waals surface area contributed by atoms with Crippen molar-refractivity contribution in [2.75, 3.05) is 13.2 Å². The number of allylic oxidation sites excluding steroid dienone is 1. The van der Waals surface area contributed by atoms with E-state index in [2.05, 4.69) is 74.6 Å². The summed E-state index contributed by atoms with van der Waals surface area (Å²) in [5, 5.41) is 24.7. The van der Waals surface area contributed by atoms with E-state index in [1.807, 2.05) is 0 Å². The minimum Gasteiger partial charge on any atom is -0.414 e. The Morgan fingerprint density at radius 1 is 1.05 bits per heavy atom. The van der Waals surface area contributed by atoms with E-state index in [0.717, 1.165) is 44.9 Å². The summed E-state index contributed by atoms with van der Waals surface area (Å²) in [6.45, 7) is 24.3. The van der Waals surface area contributed by atoms with Crippen LogP contribution in [0.1, 0.15) is 113 Å². The fourth-order valence-corrected chi connectivity index (χ4v) is 11.5. The SMILES string of the molecule is CC(C)CCC1([C@@H](C)[C@@]2(O)[C@H](O)C[C@H]3[C@@H]4CC=C5C[C@@H](O[Si](C)(C)C(C)(C)C)CC[C@]5(C)[C@H]4CC[C@@]32C)OCCO1. The van der Waals surface area contributed by atoms with Gasteiger partial charge in [-0.2, -0.15) is 0 Å². The van der Waals surface area contributed by atoms with Crippen LogP contribution in [0.5, 0.6) is 0 Å². The molecular formula is C35H62O5Si. The average molecular weight is 591 g/mol. The lowest BCUT2D eigenvalue weighted by Gasteiger charge is -2.60. The second-order valence-corrected chi connectivity index (χ2v) is 22.0. The monoisotopic (exact) mass is 590 g/mol. The van der Waals surface area contributed by atoms with E-state index in [1.165, 1.54) is 6.42 Å². The summed E-state index contributed by atoms with van der Waals surface area (Å²) in [7, 11) is -1.80. The Kier molecular flexibility index (Phi) is 8.38. The first-order valence-corrected chi connectivity index (χ1v) is 19.9. The quantitative estimate of drug-likeness (QED) is 0.233. The van der Waals surface area contributed by atoms with Crippen LogP contribution in [0.15, 0.2) is 11.6 Å². The molecule has 0 aromatic heterocycles. The van der Waals surface area contributed by atoms with E-state index in [9.17, 15) is 10.2 Å².